The van der Waals surface area contributed by atoms with Gasteiger partial charge in [0.2, 0.25) is 15.9 Å². The standard InChI is InChI=1S/C36H47F2N3O5S/c1-24(2)20-21-41(47(45,46)32-18-6-25(22-42)7-19-32)31(23-43)4-3-5-33(26-8-9-26)40-35(36(39)44)34(27-10-14-29(37)15-11-27)28-12-16-30(38)17-13-28/h6-7,10-19,24,26,31,33-35,40,42-43H,3-5,8-9,20-23H2,1-2H3,(H2,39,44)/t31-,33+,35-/m0/s1. The maximum Gasteiger partial charge on any atom is 0.243 e. The average molecular weight is 672 g/mol. The summed E-state index contributed by atoms with van der Waals surface area (Å²) in [6.07, 6.45) is 4.11. The molecule has 5 N–H and O–H groups in total. The first-order chi connectivity index (χ1) is 22.4. The quantitative estimate of drug-likeness (QED) is 0.141. The van der Waals surface area contributed by atoms with E-state index in [0.29, 0.717) is 42.4 Å². The number of hydrogen-bond acceptors (Lipinski definition) is 6. The Morgan fingerprint density at radius 3 is 1.89 bits per heavy atom. The lowest BCUT2D eigenvalue weighted by atomic mass is 9.83. The number of primary amides is 1. The summed E-state index contributed by atoms with van der Waals surface area (Å²) in [6.45, 7) is 3.73. The summed E-state index contributed by atoms with van der Waals surface area (Å²) >= 11 is 0. The van der Waals surface area contributed by atoms with Crippen molar-refractivity contribution in [3.05, 3.63) is 101 Å². The summed E-state index contributed by atoms with van der Waals surface area (Å²) in [5.41, 5.74) is 7.90. The Kier molecular flexibility index (Phi) is 13.0. The highest BCUT2D eigenvalue weighted by Crippen LogP contribution is 2.37. The predicted molar refractivity (Wildman–Crippen MR) is 178 cm³/mol. The number of halogens is 2. The van der Waals surface area contributed by atoms with Gasteiger partial charge in [0.1, 0.15) is 11.6 Å². The zero-order valence-electron chi connectivity index (χ0n) is 27.1. The van der Waals surface area contributed by atoms with Crippen molar-refractivity contribution in [1.29, 1.82) is 0 Å². The lowest BCUT2D eigenvalue weighted by Gasteiger charge is -2.32. The third kappa shape index (κ3) is 9.90. The van der Waals surface area contributed by atoms with Gasteiger partial charge in [0.05, 0.1) is 24.2 Å². The monoisotopic (exact) mass is 671 g/mol. The minimum absolute atomic E-state index is 0.103. The summed E-state index contributed by atoms with van der Waals surface area (Å²) < 4.78 is 56.7. The van der Waals surface area contributed by atoms with E-state index >= 15 is 0 Å². The van der Waals surface area contributed by atoms with Gasteiger partial charge in [-0.3, -0.25) is 4.79 Å². The molecule has 0 unspecified atom stereocenters. The number of carbonyl (C=O) groups excluding carboxylic acids is 1. The van der Waals surface area contributed by atoms with E-state index in [1.54, 1.807) is 36.4 Å². The van der Waals surface area contributed by atoms with Gasteiger partial charge in [-0.05, 0) is 97.0 Å². The van der Waals surface area contributed by atoms with Gasteiger partial charge in [-0.15, -0.1) is 0 Å². The topological polar surface area (TPSA) is 133 Å². The third-order valence-corrected chi connectivity index (χ3v) is 11.0. The number of amides is 1. The molecule has 0 bridgehead atoms. The SMILES string of the molecule is CC(C)CCN([C@H](CO)CCC[C@@H](N[C@H](C(N)=O)C(c1ccc(F)cc1)c1ccc(F)cc1)C1CC1)S(=O)(=O)c1ccc(CO)cc1. The molecule has 8 nitrogen and oxygen atoms in total. The lowest BCUT2D eigenvalue weighted by Crippen LogP contribution is -2.51. The Hall–Kier alpha value is -3.22. The Morgan fingerprint density at radius 1 is 0.894 bits per heavy atom. The normalized spacial score (nSPS) is 15.7. The first kappa shape index (κ1) is 36.6. The molecule has 47 heavy (non-hydrogen) atoms. The summed E-state index contributed by atoms with van der Waals surface area (Å²) in [5, 5.41) is 23.3. The van der Waals surface area contributed by atoms with E-state index in [9.17, 15) is 32.2 Å². The van der Waals surface area contributed by atoms with E-state index in [-0.39, 0.29) is 42.5 Å². The van der Waals surface area contributed by atoms with Gasteiger partial charge in [-0.25, -0.2) is 17.2 Å². The van der Waals surface area contributed by atoms with E-state index < -0.39 is 45.6 Å². The second-order valence-electron chi connectivity index (χ2n) is 12.9. The highest BCUT2D eigenvalue weighted by atomic mass is 32.2. The van der Waals surface area contributed by atoms with Crippen molar-refractivity contribution < 1.29 is 32.2 Å². The zero-order chi connectivity index (χ0) is 34.1. The first-order valence-electron chi connectivity index (χ1n) is 16.3. The van der Waals surface area contributed by atoms with Gasteiger partial charge in [-0.1, -0.05) is 56.7 Å². The fraction of sp³-hybridized carbons (Fsp3) is 0.472. The van der Waals surface area contributed by atoms with E-state index in [1.165, 1.54) is 40.7 Å². The summed E-state index contributed by atoms with van der Waals surface area (Å²) in [7, 11) is -3.94. The molecule has 0 aliphatic heterocycles. The molecule has 3 aromatic carbocycles. The third-order valence-electron chi connectivity index (χ3n) is 8.99. The first-order valence-corrected chi connectivity index (χ1v) is 17.8. The number of aliphatic hydroxyl groups excluding tert-OH is 2. The molecule has 3 atom stereocenters. The van der Waals surface area contributed by atoms with Gasteiger partial charge < -0.3 is 21.3 Å². The van der Waals surface area contributed by atoms with E-state index in [0.717, 1.165) is 12.8 Å². The van der Waals surface area contributed by atoms with Crippen LogP contribution in [-0.2, 0) is 21.4 Å². The largest absolute Gasteiger partial charge is 0.395 e. The van der Waals surface area contributed by atoms with Crippen LogP contribution in [0.5, 0.6) is 0 Å². The van der Waals surface area contributed by atoms with Crippen LogP contribution in [0.4, 0.5) is 8.78 Å². The van der Waals surface area contributed by atoms with Crippen molar-refractivity contribution in [3.8, 4) is 0 Å². The number of hydrogen-bond donors (Lipinski definition) is 4. The highest BCUT2D eigenvalue weighted by molar-refractivity contribution is 7.89. The number of aliphatic hydroxyl groups is 2. The molecule has 11 heteroatoms. The molecule has 0 radical (unpaired) electrons. The van der Waals surface area contributed by atoms with Crippen molar-refractivity contribution >= 4 is 15.9 Å². The fourth-order valence-electron chi connectivity index (χ4n) is 6.13. The zero-order valence-corrected chi connectivity index (χ0v) is 27.9. The van der Waals surface area contributed by atoms with Crippen LogP contribution in [0.15, 0.2) is 77.7 Å². The van der Waals surface area contributed by atoms with Crippen molar-refractivity contribution in [2.75, 3.05) is 13.2 Å². The van der Waals surface area contributed by atoms with Crippen molar-refractivity contribution in [2.45, 2.75) is 87.9 Å². The number of carbonyl (C=O) groups is 1. The molecular weight excluding hydrogens is 624 g/mol. The predicted octanol–water partition coefficient (Wildman–Crippen LogP) is 5.08. The summed E-state index contributed by atoms with van der Waals surface area (Å²) in [6, 6.07) is 16.1. The summed E-state index contributed by atoms with van der Waals surface area (Å²) in [5.74, 6) is -1.51. The number of nitrogens with two attached hydrogens (primary N) is 1. The van der Waals surface area contributed by atoms with Crippen LogP contribution in [0.2, 0.25) is 0 Å². The van der Waals surface area contributed by atoms with Crippen LogP contribution in [0.1, 0.15) is 75.0 Å². The minimum atomic E-state index is -3.94. The van der Waals surface area contributed by atoms with Gasteiger partial charge >= 0.3 is 0 Å². The molecule has 1 fully saturated rings. The Balaban J connectivity index is 1.54. The fourth-order valence-corrected chi connectivity index (χ4v) is 7.79. The van der Waals surface area contributed by atoms with Crippen LogP contribution in [0.25, 0.3) is 0 Å². The molecule has 0 spiro atoms. The number of rotatable bonds is 19. The molecule has 1 aliphatic rings. The molecule has 256 valence electrons. The molecule has 1 amide bonds. The lowest BCUT2D eigenvalue weighted by molar-refractivity contribution is -0.120. The second-order valence-corrected chi connectivity index (χ2v) is 14.8. The smallest absolute Gasteiger partial charge is 0.243 e. The Bertz CT molecular complexity index is 1490. The second kappa shape index (κ2) is 16.7. The van der Waals surface area contributed by atoms with Gasteiger partial charge in [0.15, 0.2) is 0 Å². The molecule has 0 aromatic heterocycles. The minimum Gasteiger partial charge on any atom is -0.395 e. The maximum atomic E-state index is 13.8. The van der Waals surface area contributed by atoms with Gasteiger partial charge in [0.25, 0.3) is 0 Å². The molecule has 1 aliphatic carbocycles. The van der Waals surface area contributed by atoms with Crippen LogP contribution >= 0.6 is 0 Å². The number of sulfonamides is 1. The van der Waals surface area contributed by atoms with E-state index in [1.807, 2.05) is 13.8 Å². The van der Waals surface area contributed by atoms with Crippen LogP contribution in [-0.4, -0.2) is 60.1 Å². The van der Waals surface area contributed by atoms with Gasteiger partial charge in [0, 0.05) is 24.5 Å². The van der Waals surface area contributed by atoms with E-state index in [2.05, 4.69) is 5.32 Å². The summed E-state index contributed by atoms with van der Waals surface area (Å²) in [4.78, 5) is 13.1. The molecule has 3 aromatic rings. The molecule has 0 saturated heterocycles. The van der Waals surface area contributed by atoms with E-state index in [4.69, 9.17) is 5.73 Å². The Morgan fingerprint density at radius 2 is 1.45 bits per heavy atom. The highest BCUT2D eigenvalue weighted by Gasteiger charge is 2.38. The van der Waals surface area contributed by atoms with Crippen molar-refractivity contribution in [1.82, 2.24) is 9.62 Å². The maximum absolute atomic E-state index is 13.8. The Labute approximate surface area is 277 Å². The van der Waals surface area contributed by atoms with Crippen LogP contribution in [0.3, 0.4) is 0 Å². The molecule has 1 saturated carbocycles. The number of nitrogens with one attached hydrogen (secondary N) is 1. The van der Waals surface area contributed by atoms with Crippen LogP contribution in [0, 0.1) is 23.5 Å². The molecule has 0 heterocycles. The molecule has 4 rings (SSSR count). The number of nitrogens with zero attached hydrogens (tertiary/aromatic N) is 1. The van der Waals surface area contributed by atoms with Gasteiger partial charge in [-0.2, -0.15) is 4.31 Å². The van der Waals surface area contributed by atoms with Crippen LogP contribution < -0.4 is 11.1 Å². The number of benzene rings is 3. The molecular formula is C36H47F2N3O5S. The van der Waals surface area contributed by atoms with Crippen molar-refractivity contribution in [2.24, 2.45) is 17.6 Å². The van der Waals surface area contributed by atoms with Crippen molar-refractivity contribution in [3.63, 3.8) is 0 Å². The average Bonchev–Trinajstić information content (AvgIpc) is 3.90.